The molecule has 2 heterocycles. The van der Waals surface area contributed by atoms with E-state index in [9.17, 15) is 0 Å². The van der Waals surface area contributed by atoms with E-state index in [2.05, 4.69) is 11.8 Å². The maximum atomic E-state index is 5.14. The SMILES string of the molecule is CC1CCN(C2COC2)C1. The topological polar surface area (TPSA) is 12.5 Å². The molecule has 2 fully saturated rings. The summed E-state index contributed by atoms with van der Waals surface area (Å²) in [6.45, 7) is 6.89. The zero-order valence-electron chi connectivity index (χ0n) is 6.55. The molecule has 0 N–H and O–H groups in total. The lowest BCUT2D eigenvalue weighted by molar-refractivity contribution is -0.0578. The smallest absolute Gasteiger partial charge is 0.0645 e. The average molecular weight is 141 g/mol. The summed E-state index contributed by atoms with van der Waals surface area (Å²) < 4.78 is 5.14. The molecule has 2 saturated heterocycles. The lowest BCUT2D eigenvalue weighted by atomic mass is 10.2. The summed E-state index contributed by atoms with van der Waals surface area (Å²) in [5, 5.41) is 0. The van der Waals surface area contributed by atoms with Crippen molar-refractivity contribution >= 4 is 0 Å². The first-order valence-electron chi connectivity index (χ1n) is 4.18. The van der Waals surface area contributed by atoms with E-state index < -0.39 is 0 Å². The van der Waals surface area contributed by atoms with Gasteiger partial charge in [0.15, 0.2) is 0 Å². The van der Waals surface area contributed by atoms with E-state index in [0.29, 0.717) is 0 Å². The van der Waals surface area contributed by atoms with Crippen molar-refractivity contribution in [1.29, 1.82) is 0 Å². The molecule has 0 aromatic carbocycles. The van der Waals surface area contributed by atoms with Crippen molar-refractivity contribution < 1.29 is 4.74 Å². The Labute approximate surface area is 62.2 Å². The van der Waals surface area contributed by atoms with Gasteiger partial charge in [-0.15, -0.1) is 0 Å². The normalized spacial score (nSPS) is 36.3. The number of hydrogen-bond donors (Lipinski definition) is 0. The predicted molar refractivity (Wildman–Crippen MR) is 40.0 cm³/mol. The molecule has 2 rings (SSSR count). The van der Waals surface area contributed by atoms with Gasteiger partial charge in [-0.25, -0.2) is 0 Å². The largest absolute Gasteiger partial charge is 0.378 e. The molecule has 10 heavy (non-hydrogen) atoms. The number of ether oxygens (including phenoxy) is 1. The van der Waals surface area contributed by atoms with Crippen molar-refractivity contribution in [1.82, 2.24) is 4.90 Å². The maximum Gasteiger partial charge on any atom is 0.0645 e. The Balaban J connectivity index is 1.82. The zero-order valence-corrected chi connectivity index (χ0v) is 6.55. The highest BCUT2D eigenvalue weighted by Crippen LogP contribution is 2.20. The van der Waals surface area contributed by atoms with Crippen LogP contribution in [0.1, 0.15) is 13.3 Å². The van der Waals surface area contributed by atoms with Crippen molar-refractivity contribution in [2.45, 2.75) is 19.4 Å². The molecule has 0 saturated carbocycles. The summed E-state index contributed by atoms with van der Waals surface area (Å²) in [6.07, 6.45) is 1.39. The van der Waals surface area contributed by atoms with E-state index in [1.807, 2.05) is 0 Å². The second kappa shape index (κ2) is 2.51. The summed E-state index contributed by atoms with van der Waals surface area (Å²) in [5.41, 5.74) is 0. The highest BCUT2D eigenvalue weighted by atomic mass is 16.5. The molecule has 58 valence electrons. The molecule has 2 aliphatic heterocycles. The first kappa shape index (κ1) is 6.62. The van der Waals surface area contributed by atoms with E-state index in [0.717, 1.165) is 25.2 Å². The van der Waals surface area contributed by atoms with Crippen molar-refractivity contribution in [3.05, 3.63) is 0 Å². The lowest BCUT2D eigenvalue weighted by Gasteiger charge is -2.34. The molecule has 1 unspecified atom stereocenters. The van der Waals surface area contributed by atoms with Gasteiger partial charge in [-0.05, 0) is 18.9 Å². The van der Waals surface area contributed by atoms with Crippen molar-refractivity contribution in [2.24, 2.45) is 5.92 Å². The molecular formula is C8H15NO. The fourth-order valence-electron chi connectivity index (χ4n) is 1.73. The van der Waals surface area contributed by atoms with Crippen LogP contribution in [-0.2, 0) is 4.74 Å². The van der Waals surface area contributed by atoms with Crippen LogP contribution in [0.5, 0.6) is 0 Å². The monoisotopic (exact) mass is 141 g/mol. The summed E-state index contributed by atoms with van der Waals surface area (Å²) in [7, 11) is 0. The van der Waals surface area contributed by atoms with E-state index in [1.54, 1.807) is 0 Å². The molecular weight excluding hydrogens is 126 g/mol. The van der Waals surface area contributed by atoms with Crippen molar-refractivity contribution in [3.63, 3.8) is 0 Å². The van der Waals surface area contributed by atoms with Gasteiger partial charge in [-0.3, -0.25) is 4.90 Å². The molecule has 0 amide bonds. The van der Waals surface area contributed by atoms with Gasteiger partial charge in [0.25, 0.3) is 0 Å². The first-order chi connectivity index (χ1) is 4.86. The Morgan fingerprint density at radius 1 is 1.40 bits per heavy atom. The minimum Gasteiger partial charge on any atom is -0.378 e. The molecule has 0 spiro atoms. The minimum absolute atomic E-state index is 0.768. The number of likely N-dealkylation sites (tertiary alicyclic amines) is 1. The predicted octanol–water partition coefficient (Wildman–Crippen LogP) is 0.727. The van der Waals surface area contributed by atoms with E-state index >= 15 is 0 Å². The Morgan fingerprint density at radius 3 is 2.60 bits per heavy atom. The lowest BCUT2D eigenvalue weighted by Crippen LogP contribution is -2.47. The van der Waals surface area contributed by atoms with E-state index in [4.69, 9.17) is 4.74 Å². The molecule has 0 radical (unpaired) electrons. The van der Waals surface area contributed by atoms with Gasteiger partial charge in [0.1, 0.15) is 0 Å². The molecule has 0 aromatic rings. The quantitative estimate of drug-likeness (QED) is 0.533. The van der Waals surface area contributed by atoms with Crippen LogP contribution in [0.3, 0.4) is 0 Å². The van der Waals surface area contributed by atoms with Crippen LogP contribution in [0.2, 0.25) is 0 Å². The van der Waals surface area contributed by atoms with Gasteiger partial charge in [0.2, 0.25) is 0 Å². The Morgan fingerprint density at radius 2 is 2.20 bits per heavy atom. The molecule has 0 bridgehead atoms. The van der Waals surface area contributed by atoms with Gasteiger partial charge >= 0.3 is 0 Å². The molecule has 0 aliphatic carbocycles. The third kappa shape index (κ3) is 1.06. The molecule has 0 aromatic heterocycles. The Bertz CT molecular complexity index is 122. The van der Waals surface area contributed by atoms with Crippen LogP contribution >= 0.6 is 0 Å². The fourth-order valence-corrected chi connectivity index (χ4v) is 1.73. The van der Waals surface area contributed by atoms with Crippen LogP contribution in [0.4, 0.5) is 0 Å². The molecule has 2 aliphatic rings. The second-order valence-corrected chi connectivity index (χ2v) is 3.58. The number of nitrogens with zero attached hydrogens (tertiary/aromatic N) is 1. The third-order valence-electron chi connectivity index (χ3n) is 2.59. The number of hydrogen-bond acceptors (Lipinski definition) is 2. The standard InChI is InChI=1S/C8H15NO/c1-7-2-3-9(4-7)8-5-10-6-8/h7-8H,2-6H2,1H3. The maximum absolute atomic E-state index is 5.14. The van der Waals surface area contributed by atoms with Crippen LogP contribution in [0.25, 0.3) is 0 Å². The minimum atomic E-state index is 0.768. The van der Waals surface area contributed by atoms with Gasteiger partial charge in [-0.1, -0.05) is 6.92 Å². The molecule has 1 atom stereocenters. The summed E-state index contributed by atoms with van der Waals surface area (Å²) in [5.74, 6) is 0.917. The van der Waals surface area contributed by atoms with Gasteiger partial charge in [0.05, 0.1) is 19.3 Å². The van der Waals surface area contributed by atoms with Gasteiger partial charge in [-0.2, -0.15) is 0 Å². The van der Waals surface area contributed by atoms with Gasteiger partial charge < -0.3 is 4.74 Å². The summed E-state index contributed by atoms with van der Waals surface area (Å²) in [4.78, 5) is 2.56. The Hall–Kier alpha value is -0.0800. The first-order valence-corrected chi connectivity index (χ1v) is 4.18. The van der Waals surface area contributed by atoms with Crippen LogP contribution in [-0.4, -0.2) is 37.2 Å². The van der Waals surface area contributed by atoms with E-state index in [-0.39, 0.29) is 0 Å². The highest BCUT2D eigenvalue weighted by molar-refractivity contribution is 4.83. The molecule has 2 heteroatoms. The van der Waals surface area contributed by atoms with Crippen molar-refractivity contribution in [3.8, 4) is 0 Å². The summed E-state index contributed by atoms with van der Waals surface area (Å²) >= 11 is 0. The highest BCUT2D eigenvalue weighted by Gasteiger charge is 2.30. The second-order valence-electron chi connectivity index (χ2n) is 3.58. The van der Waals surface area contributed by atoms with Crippen LogP contribution in [0.15, 0.2) is 0 Å². The number of rotatable bonds is 1. The summed E-state index contributed by atoms with van der Waals surface area (Å²) in [6, 6.07) is 0.768. The van der Waals surface area contributed by atoms with E-state index in [1.165, 1.54) is 19.5 Å². The van der Waals surface area contributed by atoms with Gasteiger partial charge in [0, 0.05) is 6.54 Å². The zero-order chi connectivity index (χ0) is 6.97. The molecule has 2 nitrogen and oxygen atoms in total. The third-order valence-corrected chi connectivity index (χ3v) is 2.59. The average Bonchev–Trinajstić information content (AvgIpc) is 2.10. The van der Waals surface area contributed by atoms with Crippen LogP contribution in [0, 0.1) is 5.92 Å². The van der Waals surface area contributed by atoms with Crippen molar-refractivity contribution in [2.75, 3.05) is 26.3 Å². The Kier molecular flexibility index (Phi) is 1.66. The fraction of sp³-hybridized carbons (Fsp3) is 1.00. The van der Waals surface area contributed by atoms with Crippen LogP contribution < -0.4 is 0 Å².